The highest BCUT2D eigenvalue weighted by atomic mass is 35.5. The van der Waals surface area contributed by atoms with Crippen molar-refractivity contribution in [3.05, 3.63) is 29.3 Å². The van der Waals surface area contributed by atoms with Crippen molar-refractivity contribution in [2.75, 3.05) is 5.75 Å². The van der Waals surface area contributed by atoms with Crippen molar-refractivity contribution in [2.45, 2.75) is 37.1 Å². The minimum atomic E-state index is -1.19. The third kappa shape index (κ3) is 5.06. The number of carboxylic acids is 1. The van der Waals surface area contributed by atoms with Gasteiger partial charge in [0.1, 0.15) is 5.54 Å². The molecule has 1 aromatic rings. The molecule has 2 N–H and O–H groups in total. The van der Waals surface area contributed by atoms with E-state index in [4.69, 9.17) is 16.7 Å². The highest BCUT2D eigenvalue weighted by molar-refractivity contribution is 7.99. The third-order valence-electron chi connectivity index (χ3n) is 3.01. The van der Waals surface area contributed by atoms with E-state index in [2.05, 4.69) is 5.32 Å². The molecule has 0 aliphatic rings. The van der Waals surface area contributed by atoms with E-state index in [-0.39, 0.29) is 12.3 Å². The Kier molecular flexibility index (Phi) is 6.36. The van der Waals surface area contributed by atoms with Crippen molar-refractivity contribution < 1.29 is 14.7 Å². The lowest BCUT2D eigenvalue weighted by atomic mass is 9.99. The summed E-state index contributed by atoms with van der Waals surface area (Å²) in [7, 11) is 0. The van der Waals surface area contributed by atoms with Crippen molar-refractivity contribution in [3.63, 3.8) is 0 Å². The van der Waals surface area contributed by atoms with Gasteiger partial charge in [-0.1, -0.05) is 18.5 Å². The molecule has 0 fully saturated rings. The number of benzene rings is 1. The molecule has 0 saturated carbocycles. The maximum absolute atomic E-state index is 11.8. The van der Waals surface area contributed by atoms with Crippen molar-refractivity contribution in [3.8, 4) is 0 Å². The average molecular weight is 316 g/mol. The number of rotatable bonds is 7. The van der Waals surface area contributed by atoms with Crippen LogP contribution in [0.5, 0.6) is 0 Å². The molecule has 6 heteroatoms. The normalized spacial score (nSPS) is 13.6. The van der Waals surface area contributed by atoms with Gasteiger partial charge in [0.25, 0.3) is 0 Å². The maximum atomic E-state index is 11.8. The minimum Gasteiger partial charge on any atom is -0.480 e. The van der Waals surface area contributed by atoms with Crippen LogP contribution < -0.4 is 5.32 Å². The fourth-order valence-corrected chi connectivity index (χ4v) is 2.43. The van der Waals surface area contributed by atoms with E-state index in [1.165, 1.54) is 18.7 Å². The van der Waals surface area contributed by atoms with Crippen LogP contribution >= 0.6 is 23.4 Å². The minimum absolute atomic E-state index is 0.252. The first-order valence-electron chi connectivity index (χ1n) is 6.30. The predicted molar refractivity (Wildman–Crippen MR) is 81.3 cm³/mol. The van der Waals surface area contributed by atoms with E-state index in [1.807, 2.05) is 12.1 Å². The van der Waals surface area contributed by atoms with E-state index in [1.54, 1.807) is 19.1 Å². The molecule has 20 heavy (non-hydrogen) atoms. The Morgan fingerprint density at radius 2 is 1.95 bits per heavy atom. The van der Waals surface area contributed by atoms with Crippen LogP contribution in [0.1, 0.15) is 26.7 Å². The molecule has 0 spiro atoms. The lowest BCUT2D eigenvalue weighted by Gasteiger charge is -2.24. The van der Waals surface area contributed by atoms with Gasteiger partial charge in [0, 0.05) is 22.1 Å². The molecule has 1 amide bonds. The first-order valence-corrected chi connectivity index (χ1v) is 7.66. The van der Waals surface area contributed by atoms with Crippen LogP contribution in [-0.2, 0) is 9.59 Å². The van der Waals surface area contributed by atoms with Crippen molar-refractivity contribution in [1.29, 1.82) is 0 Å². The fourth-order valence-electron chi connectivity index (χ4n) is 1.46. The number of carbonyl (C=O) groups excluding carboxylic acids is 1. The number of hydrogen-bond donors (Lipinski definition) is 2. The molecule has 0 bridgehead atoms. The number of amides is 1. The van der Waals surface area contributed by atoms with Crippen LogP contribution in [0.4, 0.5) is 0 Å². The summed E-state index contributed by atoms with van der Waals surface area (Å²) in [6, 6.07) is 7.36. The van der Waals surface area contributed by atoms with E-state index >= 15 is 0 Å². The molecule has 0 aliphatic heterocycles. The summed E-state index contributed by atoms with van der Waals surface area (Å²) >= 11 is 7.32. The van der Waals surface area contributed by atoms with Gasteiger partial charge in [-0.25, -0.2) is 4.79 Å². The second-order valence-corrected chi connectivity index (χ2v) is 6.20. The standard InChI is InChI=1S/C14H18ClNO3S/c1-3-14(2,13(18)19)16-12(17)8-9-20-11-6-4-10(15)5-7-11/h4-7H,3,8-9H2,1-2H3,(H,16,17)(H,18,19). The molecule has 4 nitrogen and oxygen atoms in total. The Balaban J connectivity index is 2.40. The molecule has 1 rings (SSSR count). The van der Waals surface area contributed by atoms with Crippen LogP contribution in [0, 0.1) is 0 Å². The molecule has 0 saturated heterocycles. The summed E-state index contributed by atoms with van der Waals surface area (Å²) in [4.78, 5) is 23.9. The van der Waals surface area contributed by atoms with Gasteiger partial charge in [-0.15, -0.1) is 11.8 Å². The van der Waals surface area contributed by atoms with Crippen LogP contribution in [0.25, 0.3) is 0 Å². The number of halogens is 1. The topological polar surface area (TPSA) is 66.4 Å². The Bertz CT molecular complexity index is 478. The number of carbonyl (C=O) groups is 2. The smallest absolute Gasteiger partial charge is 0.329 e. The van der Waals surface area contributed by atoms with Gasteiger partial charge in [0.15, 0.2) is 0 Å². The summed E-state index contributed by atoms with van der Waals surface area (Å²) in [5, 5.41) is 12.3. The highest BCUT2D eigenvalue weighted by Crippen LogP contribution is 2.21. The quantitative estimate of drug-likeness (QED) is 0.758. The lowest BCUT2D eigenvalue weighted by molar-refractivity contribution is -0.146. The van der Waals surface area contributed by atoms with Crippen molar-refractivity contribution in [2.24, 2.45) is 0 Å². The SMILES string of the molecule is CCC(C)(NC(=O)CCSc1ccc(Cl)cc1)C(=O)O. The van der Waals surface area contributed by atoms with Crippen LogP contribution in [-0.4, -0.2) is 28.3 Å². The maximum Gasteiger partial charge on any atom is 0.329 e. The van der Waals surface area contributed by atoms with Crippen LogP contribution in [0.3, 0.4) is 0 Å². The zero-order chi connectivity index (χ0) is 15.2. The summed E-state index contributed by atoms with van der Waals surface area (Å²) in [5.41, 5.74) is -1.19. The molecule has 110 valence electrons. The van der Waals surface area contributed by atoms with Gasteiger partial charge in [-0.3, -0.25) is 4.79 Å². The second-order valence-electron chi connectivity index (χ2n) is 4.59. The van der Waals surface area contributed by atoms with Gasteiger partial charge in [0.05, 0.1) is 0 Å². The number of nitrogens with one attached hydrogen (secondary N) is 1. The Labute approximate surface area is 127 Å². The Hall–Kier alpha value is -1.20. The molecular formula is C14H18ClNO3S. The summed E-state index contributed by atoms with van der Waals surface area (Å²) in [6.07, 6.45) is 0.620. The van der Waals surface area contributed by atoms with E-state index in [0.717, 1.165) is 4.90 Å². The van der Waals surface area contributed by atoms with Gasteiger partial charge in [-0.05, 0) is 37.6 Å². The third-order valence-corrected chi connectivity index (χ3v) is 4.27. The number of thioether (sulfide) groups is 1. The lowest BCUT2D eigenvalue weighted by Crippen LogP contribution is -2.51. The van der Waals surface area contributed by atoms with Gasteiger partial charge in [0.2, 0.25) is 5.91 Å². The molecule has 1 atom stereocenters. The van der Waals surface area contributed by atoms with Crippen LogP contribution in [0.2, 0.25) is 5.02 Å². The number of hydrogen-bond acceptors (Lipinski definition) is 3. The second kappa shape index (κ2) is 7.55. The largest absolute Gasteiger partial charge is 0.480 e. The molecular weight excluding hydrogens is 298 g/mol. The summed E-state index contributed by atoms with van der Waals surface area (Å²) in [5.74, 6) is -0.677. The van der Waals surface area contributed by atoms with E-state index in [0.29, 0.717) is 17.2 Å². The van der Waals surface area contributed by atoms with Gasteiger partial charge >= 0.3 is 5.97 Å². The predicted octanol–water partition coefficient (Wildman–Crippen LogP) is 3.19. The highest BCUT2D eigenvalue weighted by Gasteiger charge is 2.32. The van der Waals surface area contributed by atoms with Crippen LogP contribution in [0.15, 0.2) is 29.2 Å². The molecule has 1 aromatic carbocycles. The number of carboxylic acid groups (broad SMARTS) is 1. The van der Waals surface area contributed by atoms with E-state index < -0.39 is 11.5 Å². The fraction of sp³-hybridized carbons (Fsp3) is 0.429. The van der Waals surface area contributed by atoms with E-state index in [9.17, 15) is 9.59 Å². The summed E-state index contributed by atoms with van der Waals surface area (Å²) in [6.45, 7) is 3.25. The first kappa shape index (κ1) is 16.9. The Morgan fingerprint density at radius 1 is 1.35 bits per heavy atom. The first-order chi connectivity index (χ1) is 9.37. The zero-order valence-electron chi connectivity index (χ0n) is 11.5. The van der Waals surface area contributed by atoms with Gasteiger partial charge in [-0.2, -0.15) is 0 Å². The Morgan fingerprint density at radius 3 is 2.45 bits per heavy atom. The van der Waals surface area contributed by atoms with Crippen molar-refractivity contribution in [1.82, 2.24) is 5.32 Å². The monoisotopic (exact) mass is 315 g/mol. The summed E-state index contributed by atoms with van der Waals surface area (Å²) < 4.78 is 0. The molecule has 0 aromatic heterocycles. The zero-order valence-corrected chi connectivity index (χ0v) is 13.1. The molecule has 0 aliphatic carbocycles. The molecule has 1 unspecified atom stereocenters. The number of aliphatic carboxylic acids is 1. The molecule has 0 radical (unpaired) electrons. The van der Waals surface area contributed by atoms with Crippen molar-refractivity contribution >= 4 is 35.2 Å². The average Bonchev–Trinajstić information content (AvgIpc) is 2.40. The molecule has 0 heterocycles. The van der Waals surface area contributed by atoms with Gasteiger partial charge < -0.3 is 10.4 Å².